The van der Waals surface area contributed by atoms with E-state index in [2.05, 4.69) is 16.9 Å². The van der Waals surface area contributed by atoms with E-state index in [1.807, 2.05) is 30.0 Å². The molecule has 1 aromatic heterocycles. The first-order chi connectivity index (χ1) is 8.72. The Hall–Kier alpha value is -1.20. The predicted molar refractivity (Wildman–Crippen MR) is 75.6 cm³/mol. The molecule has 0 radical (unpaired) electrons. The molecule has 1 aliphatic heterocycles. The molecule has 0 spiro atoms. The number of oxazole rings is 1. The van der Waals surface area contributed by atoms with Gasteiger partial charge in [-0.05, 0) is 31.4 Å². The molecule has 0 bridgehead atoms. The SMILES string of the molecule is CN(Cc1nc2ccc(N)cc2o1)C1CCSC1. The van der Waals surface area contributed by atoms with Crippen molar-refractivity contribution in [3.63, 3.8) is 0 Å². The van der Waals surface area contributed by atoms with E-state index < -0.39 is 0 Å². The fourth-order valence-corrected chi connectivity index (χ4v) is 3.57. The molecule has 1 aromatic carbocycles. The van der Waals surface area contributed by atoms with Gasteiger partial charge in [-0.1, -0.05) is 0 Å². The largest absolute Gasteiger partial charge is 0.439 e. The summed E-state index contributed by atoms with van der Waals surface area (Å²) < 4.78 is 5.74. The first-order valence-corrected chi connectivity index (χ1v) is 7.31. The van der Waals surface area contributed by atoms with Gasteiger partial charge in [-0.15, -0.1) is 0 Å². The van der Waals surface area contributed by atoms with Gasteiger partial charge in [0.25, 0.3) is 0 Å². The first-order valence-electron chi connectivity index (χ1n) is 6.15. The minimum Gasteiger partial charge on any atom is -0.439 e. The van der Waals surface area contributed by atoms with E-state index in [-0.39, 0.29) is 0 Å². The molecule has 2 N–H and O–H groups in total. The van der Waals surface area contributed by atoms with Gasteiger partial charge in [0.2, 0.25) is 5.89 Å². The van der Waals surface area contributed by atoms with Crippen LogP contribution in [0.25, 0.3) is 11.1 Å². The van der Waals surface area contributed by atoms with Crippen molar-refractivity contribution in [1.82, 2.24) is 9.88 Å². The van der Waals surface area contributed by atoms with Crippen molar-refractivity contribution >= 4 is 28.5 Å². The summed E-state index contributed by atoms with van der Waals surface area (Å²) >= 11 is 2.02. The molecule has 1 atom stereocenters. The average molecular weight is 263 g/mol. The molecule has 96 valence electrons. The van der Waals surface area contributed by atoms with Gasteiger partial charge >= 0.3 is 0 Å². The lowest BCUT2D eigenvalue weighted by atomic mass is 10.2. The average Bonchev–Trinajstić information content (AvgIpc) is 2.95. The zero-order valence-electron chi connectivity index (χ0n) is 10.4. The zero-order valence-corrected chi connectivity index (χ0v) is 11.2. The molecule has 18 heavy (non-hydrogen) atoms. The number of hydrogen-bond donors (Lipinski definition) is 1. The fourth-order valence-electron chi connectivity index (χ4n) is 2.27. The highest BCUT2D eigenvalue weighted by atomic mass is 32.2. The van der Waals surface area contributed by atoms with Crippen molar-refractivity contribution in [2.45, 2.75) is 19.0 Å². The number of benzene rings is 1. The van der Waals surface area contributed by atoms with Gasteiger partial charge in [-0.3, -0.25) is 4.90 Å². The Morgan fingerprint density at radius 3 is 3.22 bits per heavy atom. The highest BCUT2D eigenvalue weighted by Gasteiger charge is 2.21. The summed E-state index contributed by atoms with van der Waals surface area (Å²) in [5, 5.41) is 0. The Balaban J connectivity index is 1.77. The van der Waals surface area contributed by atoms with Gasteiger partial charge < -0.3 is 10.2 Å². The Morgan fingerprint density at radius 2 is 2.44 bits per heavy atom. The molecule has 2 aromatic rings. The standard InChI is InChI=1S/C13H17N3OS/c1-16(10-4-5-18-8-10)7-13-15-11-3-2-9(14)6-12(11)17-13/h2-3,6,10H,4-5,7-8,14H2,1H3. The molecule has 5 heteroatoms. The van der Waals surface area contributed by atoms with Crippen molar-refractivity contribution in [2.24, 2.45) is 0 Å². The minimum absolute atomic E-state index is 0.648. The van der Waals surface area contributed by atoms with E-state index in [1.165, 1.54) is 17.9 Å². The number of nitrogens with two attached hydrogens (primary N) is 1. The molecule has 0 aliphatic carbocycles. The summed E-state index contributed by atoms with van der Waals surface area (Å²) in [5.74, 6) is 3.25. The quantitative estimate of drug-likeness (QED) is 0.861. The number of nitrogens with zero attached hydrogens (tertiary/aromatic N) is 2. The third-order valence-electron chi connectivity index (χ3n) is 3.37. The fraction of sp³-hybridized carbons (Fsp3) is 0.462. The molecular weight excluding hydrogens is 246 g/mol. The third kappa shape index (κ3) is 2.33. The Bertz CT molecular complexity index is 548. The van der Waals surface area contributed by atoms with E-state index in [1.54, 1.807) is 0 Å². The van der Waals surface area contributed by atoms with Crippen LogP contribution in [0.15, 0.2) is 22.6 Å². The molecule has 4 nitrogen and oxygen atoms in total. The van der Waals surface area contributed by atoms with Gasteiger partial charge in [0.1, 0.15) is 5.52 Å². The van der Waals surface area contributed by atoms with E-state index in [0.29, 0.717) is 11.7 Å². The Labute approximate surface area is 111 Å². The molecule has 1 fully saturated rings. The maximum atomic E-state index is 5.74. The van der Waals surface area contributed by atoms with E-state index in [4.69, 9.17) is 10.2 Å². The summed E-state index contributed by atoms with van der Waals surface area (Å²) in [7, 11) is 2.14. The maximum Gasteiger partial charge on any atom is 0.209 e. The highest BCUT2D eigenvalue weighted by Crippen LogP contribution is 2.24. The van der Waals surface area contributed by atoms with Crippen molar-refractivity contribution in [3.8, 4) is 0 Å². The van der Waals surface area contributed by atoms with Crippen LogP contribution in [0.2, 0.25) is 0 Å². The molecule has 0 saturated carbocycles. The summed E-state index contributed by atoms with van der Waals surface area (Å²) in [5.41, 5.74) is 8.11. The highest BCUT2D eigenvalue weighted by molar-refractivity contribution is 7.99. The minimum atomic E-state index is 0.648. The van der Waals surface area contributed by atoms with Gasteiger partial charge in [-0.25, -0.2) is 4.98 Å². The van der Waals surface area contributed by atoms with Crippen molar-refractivity contribution in [3.05, 3.63) is 24.1 Å². The van der Waals surface area contributed by atoms with Crippen LogP contribution in [0.4, 0.5) is 5.69 Å². The van der Waals surface area contributed by atoms with Gasteiger partial charge in [0.15, 0.2) is 5.58 Å². The number of fused-ring (bicyclic) bond motifs is 1. The number of aromatic nitrogens is 1. The molecule has 2 heterocycles. The monoisotopic (exact) mass is 263 g/mol. The van der Waals surface area contributed by atoms with Gasteiger partial charge in [0, 0.05) is 23.5 Å². The number of thioether (sulfide) groups is 1. The molecule has 3 rings (SSSR count). The van der Waals surface area contributed by atoms with Gasteiger partial charge in [0.05, 0.1) is 6.54 Å². The lowest BCUT2D eigenvalue weighted by Crippen LogP contribution is -2.30. The molecule has 1 saturated heterocycles. The Kier molecular flexibility index (Phi) is 3.18. The van der Waals surface area contributed by atoms with Crippen LogP contribution in [-0.4, -0.2) is 34.5 Å². The Morgan fingerprint density at radius 1 is 1.56 bits per heavy atom. The zero-order chi connectivity index (χ0) is 12.5. The summed E-state index contributed by atoms with van der Waals surface area (Å²) in [6.45, 7) is 0.764. The molecule has 1 aliphatic rings. The van der Waals surface area contributed by atoms with Gasteiger partial charge in [-0.2, -0.15) is 11.8 Å². The predicted octanol–water partition coefficient (Wildman–Crippen LogP) is 2.35. The van der Waals surface area contributed by atoms with Crippen molar-refractivity contribution in [2.75, 3.05) is 24.3 Å². The topological polar surface area (TPSA) is 55.3 Å². The normalized spacial score (nSPS) is 20.0. The number of nitrogen functional groups attached to an aromatic ring is 1. The van der Waals surface area contributed by atoms with E-state index in [0.717, 1.165) is 23.5 Å². The lowest BCUT2D eigenvalue weighted by molar-refractivity contribution is 0.232. The second-order valence-corrected chi connectivity index (χ2v) is 5.92. The molecule has 0 amide bonds. The second-order valence-electron chi connectivity index (χ2n) is 4.77. The summed E-state index contributed by atoms with van der Waals surface area (Å²) in [4.78, 5) is 6.82. The van der Waals surface area contributed by atoms with Crippen LogP contribution in [0.1, 0.15) is 12.3 Å². The van der Waals surface area contributed by atoms with Crippen LogP contribution in [0.5, 0.6) is 0 Å². The maximum absolute atomic E-state index is 5.74. The van der Waals surface area contributed by atoms with Crippen LogP contribution in [0, 0.1) is 0 Å². The smallest absolute Gasteiger partial charge is 0.209 e. The number of hydrogen-bond acceptors (Lipinski definition) is 5. The summed E-state index contributed by atoms with van der Waals surface area (Å²) in [6.07, 6.45) is 1.26. The van der Waals surface area contributed by atoms with Crippen LogP contribution in [-0.2, 0) is 6.54 Å². The molecule has 1 unspecified atom stereocenters. The second kappa shape index (κ2) is 4.82. The van der Waals surface area contributed by atoms with E-state index in [9.17, 15) is 0 Å². The first kappa shape index (κ1) is 11.9. The van der Waals surface area contributed by atoms with Crippen molar-refractivity contribution in [1.29, 1.82) is 0 Å². The number of anilines is 1. The third-order valence-corrected chi connectivity index (χ3v) is 4.52. The lowest BCUT2D eigenvalue weighted by Gasteiger charge is -2.21. The van der Waals surface area contributed by atoms with Crippen molar-refractivity contribution < 1.29 is 4.42 Å². The van der Waals surface area contributed by atoms with E-state index >= 15 is 0 Å². The van der Waals surface area contributed by atoms with Crippen LogP contribution >= 0.6 is 11.8 Å². The van der Waals surface area contributed by atoms with Crippen LogP contribution < -0.4 is 5.73 Å². The van der Waals surface area contributed by atoms with Crippen LogP contribution in [0.3, 0.4) is 0 Å². The summed E-state index contributed by atoms with van der Waals surface area (Å²) in [6, 6.07) is 6.24. The number of rotatable bonds is 3. The molecular formula is C13H17N3OS.